The zero-order chi connectivity index (χ0) is 32.8. The molecule has 0 unspecified atom stereocenters. The van der Waals surface area contributed by atoms with Gasteiger partial charge in [-0.1, -0.05) is 91.7 Å². The van der Waals surface area contributed by atoms with Crippen molar-refractivity contribution in [1.29, 1.82) is 0 Å². The van der Waals surface area contributed by atoms with Crippen molar-refractivity contribution in [2.75, 3.05) is 18.5 Å². The average Bonchev–Trinajstić information content (AvgIpc) is 3.02. The van der Waals surface area contributed by atoms with Crippen molar-refractivity contribution in [1.82, 2.24) is 9.62 Å². The summed E-state index contributed by atoms with van der Waals surface area (Å²) < 4.78 is 69.6. The number of rotatable bonds is 10. The Labute approximate surface area is 265 Å². The maximum atomic E-state index is 13.6. The molecule has 4 aromatic carbocycles. The van der Waals surface area contributed by atoms with Crippen molar-refractivity contribution < 1.29 is 31.2 Å². The number of anilines is 1. The lowest BCUT2D eigenvalue weighted by Gasteiger charge is -2.30. The first kappa shape index (κ1) is 33.5. The third-order valence-corrected chi connectivity index (χ3v) is 8.79. The first-order valence-corrected chi connectivity index (χ1v) is 15.9. The summed E-state index contributed by atoms with van der Waals surface area (Å²) in [6, 6.07) is 23.4. The largest absolute Gasteiger partial charge is 0.418 e. The maximum Gasteiger partial charge on any atom is 0.418 e. The van der Waals surface area contributed by atoms with Crippen LogP contribution in [0.4, 0.5) is 23.7 Å². The molecule has 0 saturated heterocycles. The van der Waals surface area contributed by atoms with Gasteiger partial charge < -0.3 is 4.90 Å². The van der Waals surface area contributed by atoms with Gasteiger partial charge in [0.1, 0.15) is 0 Å². The second-order valence-corrected chi connectivity index (χ2v) is 12.3. The van der Waals surface area contributed by atoms with Crippen LogP contribution in [0.1, 0.15) is 41.3 Å². The van der Waals surface area contributed by atoms with Crippen molar-refractivity contribution >= 4 is 39.2 Å². The van der Waals surface area contributed by atoms with Crippen LogP contribution in [0.3, 0.4) is 0 Å². The molecule has 0 aliphatic heterocycles. The number of urea groups is 1. The summed E-state index contributed by atoms with van der Waals surface area (Å²) in [7, 11) is -2.98. The smallest absolute Gasteiger partial charge is 0.320 e. The van der Waals surface area contributed by atoms with Crippen molar-refractivity contribution in [3.63, 3.8) is 0 Å². The number of amides is 3. The molecule has 0 aromatic heterocycles. The predicted molar refractivity (Wildman–Crippen MR) is 169 cm³/mol. The van der Waals surface area contributed by atoms with E-state index in [1.54, 1.807) is 48.5 Å². The fourth-order valence-electron chi connectivity index (χ4n) is 4.74. The van der Waals surface area contributed by atoms with E-state index in [9.17, 15) is 31.2 Å². The number of alkyl halides is 3. The highest BCUT2D eigenvalue weighted by atomic mass is 35.5. The maximum absolute atomic E-state index is 13.6. The predicted octanol–water partition coefficient (Wildman–Crippen LogP) is 8.00. The van der Waals surface area contributed by atoms with Gasteiger partial charge in [-0.3, -0.25) is 9.69 Å². The first-order chi connectivity index (χ1) is 21.3. The molecule has 0 saturated carbocycles. The highest BCUT2D eigenvalue weighted by Gasteiger charge is 2.35. The number of para-hydroxylation sites is 1. The molecule has 7 nitrogen and oxygen atoms in total. The van der Waals surface area contributed by atoms with Crippen LogP contribution in [0.2, 0.25) is 5.02 Å². The second-order valence-electron chi connectivity index (χ2n) is 10.2. The minimum absolute atomic E-state index is 0.0132. The molecule has 0 aliphatic rings. The molecular weight excluding hydrogens is 627 g/mol. The van der Waals surface area contributed by atoms with E-state index in [2.05, 4.69) is 4.72 Å². The molecule has 0 atom stereocenters. The lowest BCUT2D eigenvalue weighted by Crippen LogP contribution is -2.42. The Hall–Kier alpha value is -4.35. The van der Waals surface area contributed by atoms with Crippen LogP contribution in [0.15, 0.2) is 102 Å². The summed E-state index contributed by atoms with van der Waals surface area (Å²) in [6.07, 6.45) is -3.22. The Morgan fingerprint density at radius 2 is 1.49 bits per heavy atom. The van der Waals surface area contributed by atoms with Crippen molar-refractivity contribution in [2.24, 2.45) is 0 Å². The van der Waals surface area contributed by atoms with E-state index in [1.165, 1.54) is 54.4 Å². The summed E-state index contributed by atoms with van der Waals surface area (Å²) in [4.78, 5) is 28.5. The van der Waals surface area contributed by atoms with Gasteiger partial charge in [0.25, 0.3) is 15.9 Å². The second kappa shape index (κ2) is 14.2. The molecule has 0 heterocycles. The molecule has 0 radical (unpaired) electrons. The number of halogens is 4. The van der Waals surface area contributed by atoms with Crippen LogP contribution in [0.5, 0.6) is 0 Å². The molecule has 12 heteroatoms. The summed E-state index contributed by atoms with van der Waals surface area (Å²) in [5.74, 6) is -0.870. The monoisotopic (exact) mass is 657 g/mol. The number of nitrogens with one attached hydrogen (secondary N) is 1. The lowest BCUT2D eigenvalue weighted by atomic mass is 10.0. The van der Waals surface area contributed by atoms with Gasteiger partial charge >= 0.3 is 12.2 Å². The van der Waals surface area contributed by atoms with Crippen LogP contribution in [-0.2, 0) is 22.7 Å². The number of carbonyl (C=O) groups is 2. The average molecular weight is 658 g/mol. The quantitative estimate of drug-likeness (QED) is 0.187. The van der Waals surface area contributed by atoms with Gasteiger partial charge in [-0.25, -0.2) is 17.9 Å². The lowest BCUT2D eigenvalue weighted by molar-refractivity contribution is -0.137. The highest BCUT2D eigenvalue weighted by molar-refractivity contribution is 7.90. The number of hydrogen-bond donors (Lipinski definition) is 1. The van der Waals surface area contributed by atoms with Gasteiger partial charge in [-0.05, 0) is 47.9 Å². The van der Waals surface area contributed by atoms with Gasteiger partial charge in [-0.15, -0.1) is 0 Å². The Morgan fingerprint density at radius 3 is 2.16 bits per heavy atom. The number of carbonyl (C=O) groups excluding carboxylic acids is 2. The SMILES string of the molecule is CCCCN(Cc1ccc(-c2ccccc2S(=O)(=O)NC(=O)c2ccccc2Cl)cc1)C(=O)N(C)c1ccccc1C(F)(F)F. The molecule has 4 rings (SSSR count). The Bertz CT molecular complexity index is 1780. The number of nitrogens with zero attached hydrogens (tertiary/aromatic N) is 2. The molecular formula is C33H31ClF3N3O4S. The molecule has 0 spiro atoms. The van der Waals surface area contributed by atoms with Gasteiger partial charge in [0.05, 0.1) is 26.7 Å². The summed E-state index contributed by atoms with van der Waals surface area (Å²) in [5.41, 5.74) is 0.425. The molecule has 236 valence electrons. The zero-order valence-corrected chi connectivity index (χ0v) is 26.1. The topological polar surface area (TPSA) is 86.8 Å². The minimum Gasteiger partial charge on any atom is -0.320 e. The van der Waals surface area contributed by atoms with E-state index in [0.717, 1.165) is 17.4 Å². The number of unbranched alkanes of at least 4 members (excludes halogenated alkanes) is 1. The van der Waals surface area contributed by atoms with E-state index in [4.69, 9.17) is 11.6 Å². The van der Waals surface area contributed by atoms with Gasteiger partial charge in [0.15, 0.2) is 0 Å². The molecule has 45 heavy (non-hydrogen) atoms. The van der Waals surface area contributed by atoms with Crippen LogP contribution in [0, 0.1) is 0 Å². The van der Waals surface area contributed by atoms with Gasteiger partial charge in [0, 0.05) is 25.7 Å². The van der Waals surface area contributed by atoms with Crippen LogP contribution >= 0.6 is 11.6 Å². The number of benzene rings is 4. The molecule has 4 aromatic rings. The molecule has 3 amide bonds. The van der Waals surface area contributed by atoms with Crippen LogP contribution in [-0.4, -0.2) is 38.8 Å². The summed E-state index contributed by atoms with van der Waals surface area (Å²) in [5, 5.41) is 0.108. The third kappa shape index (κ3) is 8.03. The van der Waals surface area contributed by atoms with E-state index < -0.39 is 33.7 Å². The molecule has 0 fully saturated rings. The molecule has 1 N–H and O–H groups in total. The zero-order valence-electron chi connectivity index (χ0n) is 24.5. The normalized spacial score (nSPS) is 11.6. The van der Waals surface area contributed by atoms with E-state index >= 15 is 0 Å². The number of sulfonamides is 1. The fourth-order valence-corrected chi connectivity index (χ4v) is 6.16. The number of hydrogen-bond acceptors (Lipinski definition) is 4. The van der Waals surface area contributed by atoms with Crippen LogP contribution in [0.25, 0.3) is 11.1 Å². The van der Waals surface area contributed by atoms with Crippen molar-refractivity contribution in [3.05, 3.63) is 119 Å². The van der Waals surface area contributed by atoms with Gasteiger partial charge in [0.2, 0.25) is 0 Å². The van der Waals surface area contributed by atoms with E-state index in [1.807, 2.05) is 6.92 Å². The van der Waals surface area contributed by atoms with Crippen molar-refractivity contribution in [3.8, 4) is 11.1 Å². The summed E-state index contributed by atoms with van der Waals surface area (Å²) >= 11 is 6.06. The Morgan fingerprint density at radius 1 is 0.867 bits per heavy atom. The standard InChI is InChI=1S/C33H31ClF3N3O4S/c1-3-4-21-40(32(42)39(2)29-15-9-7-13-27(29)33(35,36)37)22-23-17-19-24(20-18-23)25-11-6-10-16-30(25)45(43,44)38-31(41)26-12-5-8-14-28(26)34/h5-20H,3-4,21-22H2,1-2H3,(H,38,41). The van der Waals surface area contributed by atoms with E-state index in [-0.39, 0.29) is 27.7 Å². The molecule has 0 bridgehead atoms. The van der Waals surface area contributed by atoms with Crippen molar-refractivity contribution in [2.45, 2.75) is 37.4 Å². The third-order valence-electron chi connectivity index (χ3n) is 7.07. The highest BCUT2D eigenvalue weighted by Crippen LogP contribution is 2.36. The first-order valence-electron chi connectivity index (χ1n) is 14.0. The van der Waals surface area contributed by atoms with Gasteiger partial charge in [-0.2, -0.15) is 13.2 Å². The minimum atomic E-state index is -4.63. The summed E-state index contributed by atoms with van der Waals surface area (Å²) in [6.45, 7) is 2.38. The molecule has 0 aliphatic carbocycles. The van der Waals surface area contributed by atoms with E-state index in [0.29, 0.717) is 29.7 Å². The Kier molecular flexibility index (Phi) is 10.6. The Balaban J connectivity index is 1.57. The fraction of sp³-hybridized carbons (Fsp3) is 0.212. The van der Waals surface area contributed by atoms with Crippen LogP contribution < -0.4 is 9.62 Å².